The van der Waals surface area contributed by atoms with Crippen LogP contribution in [0.5, 0.6) is 0 Å². The molecule has 1 N–H and O–H groups in total. The first-order valence-corrected chi connectivity index (χ1v) is 8.71. The van der Waals surface area contributed by atoms with Gasteiger partial charge in [0.2, 0.25) is 0 Å². The summed E-state index contributed by atoms with van der Waals surface area (Å²) < 4.78 is 0. The summed E-state index contributed by atoms with van der Waals surface area (Å²) in [6.45, 7) is 8.23. The number of nitrogens with one attached hydrogen (secondary N) is 1. The third kappa shape index (κ3) is 2.76. The van der Waals surface area contributed by atoms with E-state index in [2.05, 4.69) is 42.3 Å². The molecule has 0 radical (unpaired) electrons. The van der Waals surface area contributed by atoms with Crippen molar-refractivity contribution in [1.82, 2.24) is 10.2 Å². The monoisotopic (exact) mass is 284 g/mol. The Labute approximate surface area is 128 Å². The molecule has 1 heterocycles. The van der Waals surface area contributed by atoms with Gasteiger partial charge in [-0.05, 0) is 68.6 Å². The van der Waals surface area contributed by atoms with Gasteiger partial charge in [-0.15, -0.1) is 0 Å². The maximum Gasteiger partial charge on any atom is 0.0281 e. The van der Waals surface area contributed by atoms with Gasteiger partial charge < -0.3 is 5.32 Å². The second-order valence-corrected chi connectivity index (χ2v) is 7.97. The molecule has 0 spiro atoms. The minimum absolute atomic E-state index is 0.268. The van der Waals surface area contributed by atoms with Crippen molar-refractivity contribution in [3.8, 4) is 0 Å². The average Bonchev–Trinajstić information content (AvgIpc) is 3.19. The molecule has 1 unspecified atom stereocenters. The van der Waals surface area contributed by atoms with E-state index in [1.807, 2.05) is 0 Å². The molecule has 1 saturated carbocycles. The van der Waals surface area contributed by atoms with Crippen LogP contribution >= 0.6 is 0 Å². The lowest BCUT2D eigenvalue weighted by molar-refractivity contribution is 0.0533. The Morgan fingerprint density at radius 2 is 2.00 bits per heavy atom. The molecule has 0 bridgehead atoms. The van der Waals surface area contributed by atoms with E-state index in [1.165, 1.54) is 44.2 Å². The lowest BCUT2D eigenvalue weighted by Gasteiger charge is -2.46. The maximum atomic E-state index is 3.79. The van der Waals surface area contributed by atoms with E-state index in [-0.39, 0.29) is 5.54 Å². The van der Waals surface area contributed by atoms with Crippen LogP contribution in [0.2, 0.25) is 0 Å². The summed E-state index contributed by atoms with van der Waals surface area (Å²) in [5, 5.41) is 3.79. The van der Waals surface area contributed by atoms with Crippen molar-refractivity contribution >= 4 is 0 Å². The van der Waals surface area contributed by atoms with Gasteiger partial charge in [0, 0.05) is 31.2 Å². The van der Waals surface area contributed by atoms with Crippen molar-refractivity contribution in [2.24, 2.45) is 5.92 Å². The van der Waals surface area contributed by atoms with Crippen molar-refractivity contribution < 1.29 is 0 Å². The number of rotatable bonds is 3. The van der Waals surface area contributed by atoms with Crippen LogP contribution in [0, 0.1) is 5.92 Å². The van der Waals surface area contributed by atoms with E-state index in [1.54, 1.807) is 11.1 Å². The van der Waals surface area contributed by atoms with E-state index in [0.717, 1.165) is 25.0 Å². The molecule has 3 aliphatic rings. The summed E-state index contributed by atoms with van der Waals surface area (Å²) in [5.74, 6) is 0.948. The number of nitrogens with zero attached hydrogens (tertiary/aromatic N) is 1. The summed E-state index contributed by atoms with van der Waals surface area (Å²) in [5.41, 5.74) is 4.98. The normalized spacial score (nSPS) is 28.6. The lowest BCUT2D eigenvalue weighted by atomic mass is 9.94. The van der Waals surface area contributed by atoms with Crippen LogP contribution < -0.4 is 5.32 Å². The highest BCUT2D eigenvalue weighted by Crippen LogP contribution is 2.36. The molecule has 0 aromatic heterocycles. The van der Waals surface area contributed by atoms with Crippen LogP contribution in [0.4, 0.5) is 0 Å². The van der Waals surface area contributed by atoms with Gasteiger partial charge in [-0.25, -0.2) is 0 Å². The van der Waals surface area contributed by atoms with Gasteiger partial charge in [-0.1, -0.05) is 18.2 Å². The molecule has 2 nitrogen and oxygen atoms in total. The first kappa shape index (κ1) is 13.8. The van der Waals surface area contributed by atoms with E-state index in [4.69, 9.17) is 0 Å². The van der Waals surface area contributed by atoms with E-state index in [9.17, 15) is 0 Å². The maximum absolute atomic E-state index is 3.79. The minimum Gasteiger partial charge on any atom is -0.311 e. The molecule has 4 rings (SSSR count). The number of hydrogen-bond donors (Lipinski definition) is 1. The van der Waals surface area contributed by atoms with Gasteiger partial charge in [-0.3, -0.25) is 4.90 Å². The fourth-order valence-electron chi connectivity index (χ4n) is 4.08. The lowest BCUT2D eigenvalue weighted by Crippen LogP contribution is -2.62. The standard InChI is InChI=1S/C19H28N2/c1-19(2)13-20-18(16-8-9-16)12-21(19)11-14-6-7-15-4-3-5-17(15)10-14/h6-7,10,16,18,20H,3-5,8-9,11-13H2,1-2H3. The fourth-order valence-corrected chi connectivity index (χ4v) is 4.08. The number of hydrogen-bond acceptors (Lipinski definition) is 2. The second kappa shape index (κ2) is 5.10. The summed E-state index contributed by atoms with van der Waals surface area (Å²) >= 11 is 0. The van der Waals surface area contributed by atoms with Crippen LogP contribution in [0.1, 0.15) is 49.8 Å². The van der Waals surface area contributed by atoms with Crippen molar-refractivity contribution in [3.05, 3.63) is 34.9 Å². The second-order valence-electron chi connectivity index (χ2n) is 7.97. The molecule has 1 aliphatic heterocycles. The largest absolute Gasteiger partial charge is 0.311 e. The molecule has 1 atom stereocenters. The van der Waals surface area contributed by atoms with E-state index >= 15 is 0 Å². The summed E-state index contributed by atoms with van der Waals surface area (Å²) in [7, 11) is 0. The molecular formula is C19H28N2. The smallest absolute Gasteiger partial charge is 0.0281 e. The molecule has 1 aromatic rings. The van der Waals surface area contributed by atoms with Gasteiger partial charge in [-0.2, -0.15) is 0 Å². The van der Waals surface area contributed by atoms with Crippen molar-refractivity contribution in [2.45, 2.75) is 64.1 Å². The minimum atomic E-state index is 0.268. The van der Waals surface area contributed by atoms with Gasteiger partial charge >= 0.3 is 0 Å². The van der Waals surface area contributed by atoms with E-state index in [0.29, 0.717) is 0 Å². The summed E-state index contributed by atoms with van der Waals surface area (Å²) in [6.07, 6.45) is 6.80. The first-order chi connectivity index (χ1) is 10.1. The quantitative estimate of drug-likeness (QED) is 0.917. The van der Waals surface area contributed by atoms with E-state index < -0.39 is 0 Å². The van der Waals surface area contributed by atoms with Crippen LogP contribution in [0.3, 0.4) is 0 Å². The Kier molecular flexibility index (Phi) is 3.35. The summed E-state index contributed by atoms with van der Waals surface area (Å²) in [4.78, 5) is 2.71. The van der Waals surface area contributed by atoms with Crippen molar-refractivity contribution in [2.75, 3.05) is 13.1 Å². The molecule has 1 aromatic carbocycles. The number of aryl methyl sites for hydroxylation is 2. The first-order valence-electron chi connectivity index (χ1n) is 8.71. The predicted octanol–water partition coefficient (Wildman–Crippen LogP) is 3.14. The fraction of sp³-hybridized carbons (Fsp3) is 0.684. The SMILES string of the molecule is CC1(C)CNC(C2CC2)CN1Cc1ccc2c(c1)CCC2. The topological polar surface area (TPSA) is 15.3 Å². The highest BCUT2D eigenvalue weighted by atomic mass is 15.3. The van der Waals surface area contributed by atoms with Gasteiger partial charge in [0.25, 0.3) is 0 Å². The third-order valence-electron chi connectivity index (χ3n) is 5.80. The molecule has 2 heteroatoms. The number of piperazine rings is 1. The molecule has 114 valence electrons. The van der Waals surface area contributed by atoms with Crippen LogP contribution in [-0.2, 0) is 19.4 Å². The average molecular weight is 284 g/mol. The Morgan fingerprint density at radius 1 is 1.19 bits per heavy atom. The Hall–Kier alpha value is -0.860. The molecule has 0 amide bonds. The van der Waals surface area contributed by atoms with Crippen molar-refractivity contribution in [1.29, 1.82) is 0 Å². The van der Waals surface area contributed by atoms with Gasteiger partial charge in [0.05, 0.1) is 0 Å². The predicted molar refractivity (Wildman–Crippen MR) is 87.5 cm³/mol. The molecule has 21 heavy (non-hydrogen) atoms. The molecule has 2 aliphatic carbocycles. The van der Waals surface area contributed by atoms with Gasteiger partial charge in [0.1, 0.15) is 0 Å². The highest BCUT2D eigenvalue weighted by molar-refractivity contribution is 5.35. The van der Waals surface area contributed by atoms with Gasteiger partial charge in [0.15, 0.2) is 0 Å². The Bertz CT molecular complexity index is 530. The highest BCUT2D eigenvalue weighted by Gasteiger charge is 2.40. The number of fused-ring (bicyclic) bond motifs is 1. The zero-order valence-electron chi connectivity index (χ0n) is 13.5. The molecular weight excluding hydrogens is 256 g/mol. The zero-order chi connectivity index (χ0) is 14.4. The zero-order valence-corrected chi connectivity index (χ0v) is 13.5. The van der Waals surface area contributed by atoms with Crippen LogP contribution in [0.15, 0.2) is 18.2 Å². The molecule has 1 saturated heterocycles. The summed E-state index contributed by atoms with van der Waals surface area (Å²) in [6, 6.07) is 7.96. The third-order valence-corrected chi connectivity index (χ3v) is 5.80. The van der Waals surface area contributed by atoms with Crippen LogP contribution in [-0.4, -0.2) is 29.6 Å². The Morgan fingerprint density at radius 3 is 2.81 bits per heavy atom. The van der Waals surface area contributed by atoms with Crippen molar-refractivity contribution in [3.63, 3.8) is 0 Å². The molecule has 2 fully saturated rings. The Balaban J connectivity index is 1.50. The number of benzene rings is 1. The van der Waals surface area contributed by atoms with Crippen LogP contribution in [0.25, 0.3) is 0 Å².